The molecule has 234 valence electrons. The first-order chi connectivity index (χ1) is 21.7. The van der Waals surface area contributed by atoms with E-state index in [-0.39, 0.29) is 23.4 Å². The van der Waals surface area contributed by atoms with Crippen LogP contribution < -0.4 is 9.62 Å². The molecule has 4 aromatic rings. The molecule has 7 nitrogen and oxygen atoms in total. The van der Waals surface area contributed by atoms with E-state index < -0.39 is 28.5 Å². The molecule has 1 fully saturated rings. The predicted molar refractivity (Wildman–Crippen MR) is 178 cm³/mol. The molecule has 4 aromatic carbocycles. The van der Waals surface area contributed by atoms with Crippen molar-refractivity contribution >= 4 is 27.5 Å². The van der Waals surface area contributed by atoms with Crippen molar-refractivity contribution in [1.29, 1.82) is 0 Å². The number of benzene rings is 4. The molecule has 1 saturated carbocycles. The Bertz CT molecular complexity index is 1700. The number of carbonyl (C=O) groups excluding carboxylic acids is 2. The maximum Gasteiger partial charge on any atom is 0.264 e. The highest BCUT2D eigenvalue weighted by molar-refractivity contribution is 7.92. The van der Waals surface area contributed by atoms with Gasteiger partial charge in [-0.2, -0.15) is 0 Å². The highest BCUT2D eigenvalue weighted by Gasteiger charge is 2.35. The van der Waals surface area contributed by atoms with Gasteiger partial charge in [-0.15, -0.1) is 0 Å². The van der Waals surface area contributed by atoms with Gasteiger partial charge in [0.15, 0.2) is 0 Å². The van der Waals surface area contributed by atoms with Crippen LogP contribution in [-0.4, -0.2) is 43.8 Å². The number of para-hydroxylation sites is 1. The van der Waals surface area contributed by atoms with E-state index >= 15 is 0 Å². The molecule has 45 heavy (non-hydrogen) atoms. The normalized spacial score (nSPS) is 14.1. The molecule has 0 aliphatic heterocycles. The Kier molecular flexibility index (Phi) is 10.4. The molecule has 1 aliphatic rings. The first-order valence-electron chi connectivity index (χ1n) is 15.5. The SMILES string of the molecule is Cc1cccc(CN(C(=O)CN(c2ccccc2C)S(=O)(=O)c2ccccc2)[C@H](Cc2ccccc2)C(=O)NC2CCCC2)c1. The van der Waals surface area contributed by atoms with E-state index in [1.54, 1.807) is 35.2 Å². The number of anilines is 1. The smallest absolute Gasteiger partial charge is 0.264 e. The number of hydrogen-bond acceptors (Lipinski definition) is 4. The summed E-state index contributed by atoms with van der Waals surface area (Å²) in [6, 6.07) is 32.0. The van der Waals surface area contributed by atoms with Gasteiger partial charge in [-0.05, 0) is 61.6 Å². The quantitative estimate of drug-likeness (QED) is 0.204. The van der Waals surface area contributed by atoms with Gasteiger partial charge in [-0.3, -0.25) is 13.9 Å². The van der Waals surface area contributed by atoms with Gasteiger partial charge in [0.05, 0.1) is 10.6 Å². The number of nitrogens with zero attached hydrogens (tertiary/aromatic N) is 2. The summed E-state index contributed by atoms with van der Waals surface area (Å²) in [5, 5.41) is 3.22. The number of hydrogen-bond donors (Lipinski definition) is 1. The van der Waals surface area contributed by atoms with E-state index in [4.69, 9.17) is 0 Å². The molecule has 1 atom stereocenters. The van der Waals surface area contributed by atoms with E-state index in [1.165, 1.54) is 16.4 Å². The first-order valence-corrected chi connectivity index (χ1v) is 17.0. The molecule has 0 heterocycles. The van der Waals surface area contributed by atoms with Crippen molar-refractivity contribution in [3.8, 4) is 0 Å². The highest BCUT2D eigenvalue weighted by Crippen LogP contribution is 2.28. The van der Waals surface area contributed by atoms with Gasteiger partial charge in [0, 0.05) is 19.0 Å². The Morgan fingerprint density at radius 1 is 0.800 bits per heavy atom. The molecule has 1 N–H and O–H groups in total. The van der Waals surface area contributed by atoms with Crippen LogP contribution in [0.1, 0.15) is 47.9 Å². The van der Waals surface area contributed by atoms with Gasteiger partial charge < -0.3 is 10.2 Å². The maximum absolute atomic E-state index is 14.6. The largest absolute Gasteiger partial charge is 0.352 e. The monoisotopic (exact) mass is 623 g/mol. The van der Waals surface area contributed by atoms with Crippen molar-refractivity contribution in [3.63, 3.8) is 0 Å². The Balaban J connectivity index is 1.57. The zero-order valence-corrected chi connectivity index (χ0v) is 26.7. The molecule has 0 radical (unpaired) electrons. The zero-order valence-electron chi connectivity index (χ0n) is 25.9. The first kappa shape index (κ1) is 32.0. The summed E-state index contributed by atoms with van der Waals surface area (Å²) in [6.45, 7) is 3.50. The molecule has 1 aliphatic carbocycles. The predicted octanol–water partition coefficient (Wildman–Crippen LogP) is 6.20. The molecule has 5 rings (SSSR count). The van der Waals surface area contributed by atoms with E-state index in [2.05, 4.69) is 5.32 Å². The van der Waals surface area contributed by atoms with Crippen molar-refractivity contribution in [3.05, 3.63) is 131 Å². The standard InChI is InChI=1S/C37H41N3O4S/c1-28-14-13-18-31(24-28)26-39(35(25-30-16-5-3-6-17-30)37(42)38-32-19-10-11-20-32)36(41)27-40(34-23-12-9-15-29(34)2)45(43,44)33-21-7-4-8-22-33/h3-9,12-18,21-24,32,35H,10-11,19-20,25-27H2,1-2H3,(H,38,42)/t35-/m1/s1. The molecule has 2 amide bonds. The van der Waals surface area contributed by atoms with Crippen LogP contribution in [0.2, 0.25) is 0 Å². The lowest BCUT2D eigenvalue weighted by atomic mass is 10.0. The van der Waals surface area contributed by atoms with Crippen molar-refractivity contribution in [1.82, 2.24) is 10.2 Å². The van der Waals surface area contributed by atoms with Crippen LogP contribution in [0.25, 0.3) is 0 Å². The number of rotatable bonds is 12. The van der Waals surface area contributed by atoms with Crippen molar-refractivity contribution in [2.45, 2.75) is 69.5 Å². The third-order valence-electron chi connectivity index (χ3n) is 8.40. The van der Waals surface area contributed by atoms with Gasteiger partial charge in [-0.1, -0.05) is 109 Å². The summed E-state index contributed by atoms with van der Waals surface area (Å²) >= 11 is 0. The highest BCUT2D eigenvalue weighted by atomic mass is 32.2. The molecular weight excluding hydrogens is 582 g/mol. The molecule has 0 unspecified atom stereocenters. The van der Waals surface area contributed by atoms with Gasteiger partial charge in [-0.25, -0.2) is 8.42 Å². The number of carbonyl (C=O) groups is 2. The molecule has 0 spiro atoms. The Morgan fingerprint density at radius 2 is 1.42 bits per heavy atom. The van der Waals surface area contributed by atoms with Crippen LogP contribution in [0.15, 0.2) is 114 Å². The fourth-order valence-electron chi connectivity index (χ4n) is 6.00. The number of sulfonamides is 1. The minimum atomic E-state index is -4.12. The van der Waals surface area contributed by atoms with E-state index in [0.717, 1.165) is 47.9 Å². The maximum atomic E-state index is 14.6. The van der Waals surface area contributed by atoms with Crippen LogP contribution in [0.5, 0.6) is 0 Å². The van der Waals surface area contributed by atoms with Crippen molar-refractivity contribution in [2.75, 3.05) is 10.8 Å². The minimum Gasteiger partial charge on any atom is -0.352 e. The molecule has 0 saturated heterocycles. The third kappa shape index (κ3) is 8.00. The van der Waals surface area contributed by atoms with Crippen molar-refractivity contribution in [2.24, 2.45) is 0 Å². The number of aryl methyl sites for hydroxylation is 2. The van der Waals surface area contributed by atoms with Gasteiger partial charge in [0.1, 0.15) is 12.6 Å². The number of nitrogens with one attached hydrogen (secondary N) is 1. The Labute approximate surface area is 266 Å². The van der Waals surface area contributed by atoms with Crippen LogP contribution in [0.4, 0.5) is 5.69 Å². The summed E-state index contributed by atoms with van der Waals surface area (Å²) in [5.41, 5.74) is 3.94. The molecule has 8 heteroatoms. The van der Waals surface area contributed by atoms with E-state index in [1.807, 2.05) is 80.6 Å². The van der Waals surface area contributed by atoms with Gasteiger partial charge >= 0.3 is 0 Å². The topological polar surface area (TPSA) is 86.8 Å². The van der Waals surface area contributed by atoms with Gasteiger partial charge in [0.25, 0.3) is 10.0 Å². The summed E-state index contributed by atoms with van der Waals surface area (Å²) < 4.78 is 29.5. The Hall–Kier alpha value is -4.43. The summed E-state index contributed by atoms with van der Waals surface area (Å²) in [7, 11) is -4.12. The lowest BCUT2D eigenvalue weighted by Gasteiger charge is -2.34. The molecular formula is C37H41N3O4S. The average molecular weight is 624 g/mol. The van der Waals surface area contributed by atoms with E-state index in [9.17, 15) is 18.0 Å². The van der Waals surface area contributed by atoms with Crippen LogP contribution >= 0.6 is 0 Å². The second-order valence-corrected chi connectivity index (χ2v) is 13.7. The minimum absolute atomic E-state index is 0.0635. The zero-order chi connectivity index (χ0) is 31.8. The van der Waals surface area contributed by atoms with Gasteiger partial charge in [0.2, 0.25) is 11.8 Å². The average Bonchev–Trinajstić information content (AvgIpc) is 3.56. The summed E-state index contributed by atoms with van der Waals surface area (Å²) in [4.78, 5) is 30.4. The fraction of sp³-hybridized carbons (Fsp3) is 0.297. The Morgan fingerprint density at radius 3 is 2.09 bits per heavy atom. The van der Waals surface area contributed by atoms with Crippen LogP contribution in [-0.2, 0) is 32.6 Å². The molecule has 0 bridgehead atoms. The second-order valence-electron chi connectivity index (χ2n) is 11.8. The second kappa shape index (κ2) is 14.6. The number of amides is 2. The van der Waals surface area contributed by atoms with Crippen LogP contribution in [0, 0.1) is 13.8 Å². The van der Waals surface area contributed by atoms with Crippen molar-refractivity contribution < 1.29 is 18.0 Å². The lowest BCUT2D eigenvalue weighted by Crippen LogP contribution is -2.54. The summed E-state index contributed by atoms with van der Waals surface area (Å²) in [5.74, 6) is -0.679. The summed E-state index contributed by atoms with van der Waals surface area (Å²) in [6.07, 6.45) is 4.23. The fourth-order valence-corrected chi connectivity index (χ4v) is 7.50. The van der Waals surface area contributed by atoms with Crippen LogP contribution in [0.3, 0.4) is 0 Å². The molecule has 0 aromatic heterocycles. The van der Waals surface area contributed by atoms with E-state index in [0.29, 0.717) is 12.1 Å². The third-order valence-corrected chi connectivity index (χ3v) is 10.2. The lowest BCUT2D eigenvalue weighted by molar-refractivity contribution is -0.140.